The molecule has 1 heteroatoms. The molecule has 0 aliphatic heterocycles. The quantitative estimate of drug-likeness (QED) is 0.724. The molecule has 0 saturated heterocycles. The highest BCUT2D eigenvalue weighted by Crippen LogP contribution is 2.28. The summed E-state index contributed by atoms with van der Waals surface area (Å²) in [5.74, 6) is 0. The van der Waals surface area contributed by atoms with Crippen LogP contribution in [0.4, 0.5) is 0 Å². The number of nitrogens with one attached hydrogen (secondary N) is 1. The molecule has 0 atom stereocenters. The fraction of sp³-hybridized carbons (Fsp3) is 0.273. The fourth-order valence-corrected chi connectivity index (χ4v) is 1.31. The lowest BCUT2D eigenvalue weighted by molar-refractivity contribution is 0.816. The Hall–Kier alpha value is -1.24. The van der Waals surface area contributed by atoms with Crippen LogP contribution in [0.3, 0.4) is 0 Å². The third-order valence-corrected chi connectivity index (χ3v) is 2.12. The average molecular weight is 159 g/mol. The highest BCUT2D eigenvalue weighted by atomic mass is 14.9. The summed E-state index contributed by atoms with van der Waals surface area (Å²) in [5, 5.41) is 3.22. The van der Waals surface area contributed by atoms with Gasteiger partial charge < -0.3 is 5.32 Å². The molecule has 1 aliphatic carbocycles. The van der Waals surface area contributed by atoms with Gasteiger partial charge >= 0.3 is 0 Å². The van der Waals surface area contributed by atoms with Gasteiger partial charge in [-0.2, -0.15) is 0 Å². The Morgan fingerprint density at radius 1 is 1.50 bits per heavy atom. The maximum Gasteiger partial charge on any atom is 0.0397 e. The number of benzene rings is 1. The van der Waals surface area contributed by atoms with Gasteiger partial charge in [-0.1, -0.05) is 24.8 Å². The third-order valence-electron chi connectivity index (χ3n) is 2.12. The normalized spacial score (nSPS) is 12.1. The summed E-state index contributed by atoms with van der Waals surface area (Å²) in [6.45, 7) is 6.68. The van der Waals surface area contributed by atoms with Gasteiger partial charge in [0.1, 0.15) is 0 Å². The van der Waals surface area contributed by atoms with Crippen molar-refractivity contribution in [2.45, 2.75) is 19.9 Å². The third kappa shape index (κ3) is 1.50. The van der Waals surface area contributed by atoms with E-state index in [9.17, 15) is 0 Å². The van der Waals surface area contributed by atoms with Gasteiger partial charge in [-0.05, 0) is 30.0 Å². The standard InChI is InChI=1S/C11H13N/c1-8(2)12-7-9-3-4-10-6-11(10)5-9/h3-5,12H,1,6-7H2,2H3. The second kappa shape index (κ2) is 2.67. The van der Waals surface area contributed by atoms with Crippen molar-refractivity contribution in [3.63, 3.8) is 0 Å². The van der Waals surface area contributed by atoms with E-state index < -0.39 is 0 Å². The molecule has 1 aliphatic rings. The second-order valence-corrected chi connectivity index (χ2v) is 3.41. The molecule has 0 bridgehead atoms. The Morgan fingerprint density at radius 2 is 2.33 bits per heavy atom. The molecule has 0 radical (unpaired) electrons. The Labute approximate surface area is 73.1 Å². The van der Waals surface area contributed by atoms with Crippen molar-refractivity contribution in [3.8, 4) is 0 Å². The summed E-state index contributed by atoms with van der Waals surface area (Å²) in [6, 6.07) is 6.66. The first-order valence-electron chi connectivity index (χ1n) is 4.26. The molecule has 2 rings (SSSR count). The smallest absolute Gasteiger partial charge is 0.0397 e. The molecule has 1 aromatic carbocycles. The predicted molar refractivity (Wildman–Crippen MR) is 50.9 cm³/mol. The first-order valence-corrected chi connectivity index (χ1v) is 4.26. The molecule has 0 spiro atoms. The van der Waals surface area contributed by atoms with E-state index in [1.807, 2.05) is 6.92 Å². The van der Waals surface area contributed by atoms with Crippen LogP contribution in [0, 0.1) is 0 Å². The van der Waals surface area contributed by atoms with E-state index in [4.69, 9.17) is 0 Å². The van der Waals surface area contributed by atoms with Crippen LogP contribution in [0.5, 0.6) is 0 Å². The van der Waals surface area contributed by atoms with Crippen molar-refractivity contribution in [3.05, 3.63) is 47.2 Å². The summed E-state index contributed by atoms with van der Waals surface area (Å²) in [5.41, 5.74) is 5.40. The number of hydrogen-bond donors (Lipinski definition) is 1. The van der Waals surface area contributed by atoms with Crippen LogP contribution < -0.4 is 5.32 Å². The van der Waals surface area contributed by atoms with Crippen LogP contribution in [0.2, 0.25) is 0 Å². The first-order chi connectivity index (χ1) is 5.75. The Morgan fingerprint density at radius 3 is 3.00 bits per heavy atom. The first kappa shape index (κ1) is 7.41. The van der Waals surface area contributed by atoms with Gasteiger partial charge in [0.2, 0.25) is 0 Å². The van der Waals surface area contributed by atoms with Gasteiger partial charge in [0.25, 0.3) is 0 Å². The SMILES string of the molecule is C=C(C)NCc1ccc2c(c1)C2. The molecule has 12 heavy (non-hydrogen) atoms. The maximum absolute atomic E-state index is 3.79. The van der Waals surface area contributed by atoms with Crippen LogP contribution in [-0.4, -0.2) is 0 Å². The summed E-state index contributed by atoms with van der Waals surface area (Å²) >= 11 is 0. The summed E-state index contributed by atoms with van der Waals surface area (Å²) in [6.07, 6.45) is 1.20. The summed E-state index contributed by atoms with van der Waals surface area (Å²) < 4.78 is 0. The van der Waals surface area contributed by atoms with Crippen molar-refractivity contribution in [1.82, 2.24) is 5.32 Å². The van der Waals surface area contributed by atoms with Crippen molar-refractivity contribution >= 4 is 0 Å². The van der Waals surface area contributed by atoms with E-state index >= 15 is 0 Å². The van der Waals surface area contributed by atoms with Crippen molar-refractivity contribution < 1.29 is 0 Å². The minimum Gasteiger partial charge on any atom is -0.385 e. The van der Waals surface area contributed by atoms with Crippen molar-refractivity contribution in [2.75, 3.05) is 0 Å². The zero-order chi connectivity index (χ0) is 8.55. The number of rotatable bonds is 3. The molecule has 0 heterocycles. The van der Waals surface area contributed by atoms with Gasteiger partial charge in [-0.15, -0.1) is 0 Å². The molecule has 0 unspecified atom stereocenters. The van der Waals surface area contributed by atoms with Crippen LogP contribution in [0.25, 0.3) is 0 Å². The molecular formula is C11H13N. The van der Waals surface area contributed by atoms with E-state index in [2.05, 4.69) is 30.1 Å². The Balaban J connectivity index is 2.01. The summed E-state index contributed by atoms with van der Waals surface area (Å²) in [7, 11) is 0. The van der Waals surface area contributed by atoms with Crippen LogP contribution >= 0.6 is 0 Å². The lowest BCUT2D eigenvalue weighted by Crippen LogP contribution is -2.08. The van der Waals surface area contributed by atoms with Gasteiger partial charge in [-0.3, -0.25) is 0 Å². The average Bonchev–Trinajstić information content (AvgIpc) is 2.78. The predicted octanol–water partition coefficient (Wildman–Crippen LogP) is 2.21. The molecular weight excluding hydrogens is 146 g/mol. The molecule has 1 aromatic rings. The number of allylic oxidation sites excluding steroid dienone is 1. The minimum atomic E-state index is 0.905. The molecule has 0 amide bonds. The maximum atomic E-state index is 3.79. The fourth-order valence-electron chi connectivity index (χ4n) is 1.31. The molecule has 1 N–H and O–H groups in total. The Kier molecular flexibility index (Phi) is 1.65. The highest BCUT2D eigenvalue weighted by molar-refractivity contribution is 5.47. The zero-order valence-corrected chi connectivity index (χ0v) is 7.35. The van der Waals surface area contributed by atoms with E-state index in [0.717, 1.165) is 12.2 Å². The molecule has 1 nitrogen and oxygen atoms in total. The minimum absolute atomic E-state index is 0.905. The monoisotopic (exact) mass is 159 g/mol. The topological polar surface area (TPSA) is 12.0 Å². The number of hydrogen-bond acceptors (Lipinski definition) is 1. The molecule has 0 aromatic heterocycles. The van der Waals surface area contributed by atoms with Gasteiger partial charge in [-0.25, -0.2) is 0 Å². The highest BCUT2D eigenvalue weighted by Gasteiger charge is 2.15. The second-order valence-electron chi connectivity index (χ2n) is 3.41. The zero-order valence-electron chi connectivity index (χ0n) is 7.35. The van der Waals surface area contributed by atoms with Crippen LogP contribution in [-0.2, 0) is 13.0 Å². The van der Waals surface area contributed by atoms with Crippen molar-refractivity contribution in [2.24, 2.45) is 0 Å². The lowest BCUT2D eigenvalue weighted by atomic mass is 10.2. The molecule has 0 saturated carbocycles. The lowest BCUT2D eigenvalue weighted by Gasteiger charge is -2.03. The van der Waals surface area contributed by atoms with Gasteiger partial charge in [0, 0.05) is 12.2 Å². The molecule has 62 valence electrons. The van der Waals surface area contributed by atoms with Crippen LogP contribution in [0.1, 0.15) is 23.6 Å². The van der Waals surface area contributed by atoms with E-state index in [1.54, 1.807) is 0 Å². The van der Waals surface area contributed by atoms with Crippen LogP contribution in [0.15, 0.2) is 30.5 Å². The van der Waals surface area contributed by atoms with Crippen molar-refractivity contribution in [1.29, 1.82) is 0 Å². The van der Waals surface area contributed by atoms with Gasteiger partial charge in [0.15, 0.2) is 0 Å². The van der Waals surface area contributed by atoms with E-state index in [-0.39, 0.29) is 0 Å². The Bertz CT molecular complexity index is 326. The largest absolute Gasteiger partial charge is 0.385 e. The van der Waals surface area contributed by atoms with Gasteiger partial charge in [0.05, 0.1) is 0 Å². The molecule has 0 fully saturated rings. The number of fused-ring (bicyclic) bond motifs is 1. The van der Waals surface area contributed by atoms with E-state index in [0.29, 0.717) is 0 Å². The summed E-state index contributed by atoms with van der Waals surface area (Å²) in [4.78, 5) is 0. The van der Waals surface area contributed by atoms with E-state index in [1.165, 1.54) is 23.1 Å².